The Hall–Kier alpha value is -2.22. The Bertz CT molecular complexity index is 489. The lowest BCUT2D eigenvalue weighted by molar-refractivity contribution is -0.384. The minimum atomic E-state index is -0.526. The number of amides is 1. The van der Waals surface area contributed by atoms with Gasteiger partial charge in [-0.25, -0.2) is 0 Å². The predicted octanol–water partition coefficient (Wildman–Crippen LogP) is 0.381. The van der Waals surface area contributed by atoms with E-state index in [1.165, 1.54) is 18.2 Å². The van der Waals surface area contributed by atoms with E-state index in [4.69, 9.17) is 5.73 Å². The largest absolute Gasteiger partial charge is 0.375 e. The highest BCUT2D eigenvalue weighted by Crippen LogP contribution is 2.16. The number of nitrogens with zero attached hydrogens (tertiary/aromatic N) is 1. The van der Waals surface area contributed by atoms with Gasteiger partial charge in [-0.15, -0.1) is 0 Å². The third-order valence-corrected chi connectivity index (χ3v) is 2.07. The van der Waals surface area contributed by atoms with Gasteiger partial charge in [-0.3, -0.25) is 25.8 Å². The van der Waals surface area contributed by atoms with Gasteiger partial charge in [-0.2, -0.15) is 0 Å². The number of hydrogen-bond acceptors (Lipinski definition) is 4. The molecule has 0 bridgehead atoms. The van der Waals surface area contributed by atoms with Crippen LogP contribution >= 0.6 is 12.2 Å². The molecule has 17 heavy (non-hydrogen) atoms. The number of hydrogen-bond donors (Lipinski definition) is 3. The second-order valence-electron chi connectivity index (χ2n) is 3.20. The number of nitrogens with one attached hydrogen (secondary N) is 2. The molecule has 0 spiro atoms. The van der Waals surface area contributed by atoms with Crippen LogP contribution in [0.15, 0.2) is 18.2 Å². The number of hydrazine groups is 1. The molecule has 1 rings (SSSR count). The van der Waals surface area contributed by atoms with Crippen molar-refractivity contribution in [1.82, 2.24) is 10.9 Å². The lowest BCUT2D eigenvalue weighted by Crippen LogP contribution is -2.44. The normalized spacial score (nSPS) is 9.47. The number of non-ortho nitro benzene ring substituents is 1. The minimum Gasteiger partial charge on any atom is -0.375 e. The summed E-state index contributed by atoms with van der Waals surface area (Å²) in [5.74, 6) is -0.467. The highest BCUT2D eigenvalue weighted by atomic mass is 32.1. The molecule has 4 N–H and O–H groups in total. The Morgan fingerprint density at radius 3 is 2.59 bits per heavy atom. The summed E-state index contributed by atoms with van der Waals surface area (Å²) < 4.78 is 0. The number of benzene rings is 1. The minimum absolute atomic E-state index is 0.0682. The van der Waals surface area contributed by atoms with Crippen LogP contribution in [0.3, 0.4) is 0 Å². The highest BCUT2D eigenvalue weighted by molar-refractivity contribution is 7.80. The number of thiocarbonyl (C=S) groups is 1. The van der Waals surface area contributed by atoms with Crippen LogP contribution in [0.5, 0.6) is 0 Å². The van der Waals surface area contributed by atoms with Crippen molar-refractivity contribution >= 4 is 28.9 Å². The Morgan fingerprint density at radius 2 is 2.12 bits per heavy atom. The van der Waals surface area contributed by atoms with Gasteiger partial charge in [-0.05, 0) is 30.8 Å². The number of carbonyl (C=O) groups excluding carboxylic acids is 1. The molecule has 90 valence electrons. The van der Waals surface area contributed by atoms with Gasteiger partial charge in [0.05, 0.1) is 4.92 Å². The summed E-state index contributed by atoms with van der Waals surface area (Å²) in [5.41, 5.74) is 10.4. The quantitative estimate of drug-likeness (QED) is 0.400. The maximum Gasteiger partial charge on any atom is 0.269 e. The molecule has 0 unspecified atom stereocenters. The van der Waals surface area contributed by atoms with Gasteiger partial charge in [-0.1, -0.05) is 0 Å². The fraction of sp³-hybridized carbons (Fsp3) is 0.111. The number of aryl methyl sites for hydroxylation is 1. The lowest BCUT2D eigenvalue weighted by atomic mass is 10.1. The lowest BCUT2D eigenvalue weighted by Gasteiger charge is -2.08. The first kappa shape index (κ1) is 12.8. The van der Waals surface area contributed by atoms with Gasteiger partial charge in [0.2, 0.25) is 0 Å². The topological polar surface area (TPSA) is 110 Å². The Kier molecular flexibility index (Phi) is 3.94. The molecule has 0 fully saturated rings. The van der Waals surface area contributed by atoms with E-state index in [2.05, 4.69) is 23.1 Å². The van der Waals surface area contributed by atoms with Gasteiger partial charge in [0, 0.05) is 17.7 Å². The third-order valence-electron chi connectivity index (χ3n) is 1.96. The molecule has 7 nitrogen and oxygen atoms in total. The van der Waals surface area contributed by atoms with Crippen molar-refractivity contribution in [2.45, 2.75) is 6.92 Å². The molecule has 0 heterocycles. The van der Waals surface area contributed by atoms with Crippen LogP contribution in [-0.2, 0) is 0 Å². The average Bonchev–Trinajstić information content (AvgIpc) is 2.25. The van der Waals surface area contributed by atoms with Gasteiger partial charge >= 0.3 is 0 Å². The molecule has 1 aromatic carbocycles. The first-order valence-corrected chi connectivity index (χ1v) is 4.93. The zero-order valence-electron chi connectivity index (χ0n) is 8.89. The number of nitro groups is 1. The first-order chi connectivity index (χ1) is 7.91. The summed E-state index contributed by atoms with van der Waals surface area (Å²) in [5, 5.41) is 10.4. The molecular formula is C9H10N4O3S. The molecular weight excluding hydrogens is 244 g/mol. The van der Waals surface area contributed by atoms with Crippen molar-refractivity contribution in [2.24, 2.45) is 5.73 Å². The van der Waals surface area contributed by atoms with E-state index >= 15 is 0 Å². The van der Waals surface area contributed by atoms with Gasteiger partial charge < -0.3 is 5.73 Å². The van der Waals surface area contributed by atoms with E-state index in [1.54, 1.807) is 6.92 Å². The summed E-state index contributed by atoms with van der Waals surface area (Å²) >= 11 is 4.51. The van der Waals surface area contributed by atoms with E-state index < -0.39 is 10.8 Å². The maximum atomic E-state index is 11.6. The standard InChI is InChI=1S/C9H10N4O3S/c1-5-4-6(13(15)16)2-3-7(5)8(14)11-12-9(10)17/h2-4H,1H3,(H,11,14)(H3,10,12,17). The molecule has 0 aliphatic heterocycles. The summed E-state index contributed by atoms with van der Waals surface area (Å²) in [4.78, 5) is 21.6. The fourth-order valence-corrected chi connectivity index (χ4v) is 1.25. The van der Waals surface area contributed by atoms with Crippen molar-refractivity contribution in [1.29, 1.82) is 0 Å². The van der Waals surface area contributed by atoms with Gasteiger partial charge in [0.1, 0.15) is 0 Å². The second kappa shape index (κ2) is 5.21. The van der Waals surface area contributed by atoms with Crippen LogP contribution in [0.1, 0.15) is 15.9 Å². The number of carbonyl (C=O) groups is 1. The number of rotatable bonds is 2. The Labute approximate surface area is 102 Å². The molecule has 0 aliphatic carbocycles. The van der Waals surface area contributed by atoms with Crippen LogP contribution in [0.2, 0.25) is 0 Å². The Balaban J connectivity index is 2.88. The highest BCUT2D eigenvalue weighted by Gasteiger charge is 2.13. The molecule has 1 aromatic rings. The van der Waals surface area contributed by atoms with Crippen molar-refractivity contribution < 1.29 is 9.72 Å². The summed E-state index contributed by atoms with van der Waals surface area (Å²) in [6.07, 6.45) is 0. The van der Waals surface area contributed by atoms with Crippen LogP contribution in [0.25, 0.3) is 0 Å². The van der Waals surface area contributed by atoms with E-state index in [-0.39, 0.29) is 10.8 Å². The summed E-state index contributed by atoms with van der Waals surface area (Å²) in [6.45, 7) is 1.60. The predicted molar refractivity (Wildman–Crippen MR) is 65.2 cm³/mol. The fourth-order valence-electron chi connectivity index (χ4n) is 1.20. The molecule has 0 saturated carbocycles. The molecule has 0 aliphatic rings. The smallest absolute Gasteiger partial charge is 0.269 e. The Morgan fingerprint density at radius 1 is 1.47 bits per heavy atom. The molecule has 0 radical (unpaired) electrons. The summed E-state index contributed by atoms with van der Waals surface area (Å²) in [6, 6.07) is 3.93. The number of nitrogens with two attached hydrogens (primary N) is 1. The summed E-state index contributed by atoms with van der Waals surface area (Å²) in [7, 11) is 0. The van der Waals surface area contributed by atoms with Crippen molar-refractivity contribution in [3.63, 3.8) is 0 Å². The van der Waals surface area contributed by atoms with Gasteiger partial charge in [0.25, 0.3) is 11.6 Å². The van der Waals surface area contributed by atoms with E-state index in [1.807, 2.05) is 0 Å². The van der Waals surface area contributed by atoms with Crippen molar-refractivity contribution in [2.75, 3.05) is 0 Å². The second-order valence-corrected chi connectivity index (χ2v) is 3.64. The molecule has 0 aromatic heterocycles. The van der Waals surface area contributed by atoms with E-state index in [0.717, 1.165) is 0 Å². The molecule has 1 amide bonds. The average molecular weight is 254 g/mol. The van der Waals surface area contributed by atoms with Crippen LogP contribution in [0, 0.1) is 17.0 Å². The zero-order chi connectivity index (χ0) is 13.0. The molecule has 0 atom stereocenters. The van der Waals surface area contributed by atoms with Crippen molar-refractivity contribution in [3.8, 4) is 0 Å². The molecule has 8 heteroatoms. The maximum absolute atomic E-state index is 11.6. The third kappa shape index (κ3) is 3.38. The monoisotopic (exact) mass is 254 g/mol. The van der Waals surface area contributed by atoms with Crippen LogP contribution in [0.4, 0.5) is 5.69 Å². The SMILES string of the molecule is Cc1cc([N+](=O)[O-])ccc1C(=O)NNC(N)=S. The first-order valence-electron chi connectivity index (χ1n) is 4.52. The zero-order valence-corrected chi connectivity index (χ0v) is 9.71. The number of nitro benzene ring substituents is 1. The molecule has 0 saturated heterocycles. The van der Waals surface area contributed by atoms with Crippen LogP contribution in [-0.4, -0.2) is 15.9 Å². The van der Waals surface area contributed by atoms with E-state index in [9.17, 15) is 14.9 Å². The van der Waals surface area contributed by atoms with Crippen LogP contribution < -0.4 is 16.6 Å². The van der Waals surface area contributed by atoms with Crippen molar-refractivity contribution in [3.05, 3.63) is 39.4 Å². The van der Waals surface area contributed by atoms with Gasteiger partial charge in [0.15, 0.2) is 5.11 Å². The van der Waals surface area contributed by atoms with E-state index in [0.29, 0.717) is 11.1 Å².